The van der Waals surface area contributed by atoms with Gasteiger partial charge in [-0.2, -0.15) is 8.42 Å². The van der Waals surface area contributed by atoms with Crippen LogP contribution < -0.4 is 5.32 Å². The lowest BCUT2D eigenvalue weighted by Gasteiger charge is -2.36. The third-order valence-corrected chi connectivity index (χ3v) is 8.52. The lowest BCUT2D eigenvalue weighted by atomic mass is 9.69. The van der Waals surface area contributed by atoms with Crippen molar-refractivity contribution in [1.29, 1.82) is 0 Å². The van der Waals surface area contributed by atoms with E-state index in [2.05, 4.69) is 12.2 Å². The predicted molar refractivity (Wildman–Crippen MR) is 129 cm³/mol. The number of amides is 1. The molecule has 204 valence electrons. The molecule has 0 heterocycles. The minimum Gasteiger partial charge on any atom is -0.469 e. The van der Waals surface area contributed by atoms with E-state index in [0.717, 1.165) is 12.8 Å². The second-order valence-corrected chi connectivity index (χ2v) is 12.3. The highest BCUT2D eigenvalue weighted by Gasteiger charge is 2.45. The summed E-state index contributed by atoms with van der Waals surface area (Å²) in [5.41, 5.74) is -2.28. The molecule has 0 radical (unpaired) electrons. The number of rotatable bonds is 14. The first kappa shape index (κ1) is 31.3. The number of esters is 2. The van der Waals surface area contributed by atoms with Gasteiger partial charge in [-0.3, -0.25) is 14.4 Å². The SMILES string of the molecule is CCC(CC(C)(CC(C)(C)C(=O)OC)C(=O)OCCO)C(=O)NCOS(=O)(=O)C1CCC(C)CC1. The Kier molecular flexibility index (Phi) is 12.1. The van der Waals surface area contributed by atoms with Crippen LogP contribution in [0, 0.1) is 22.7 Å². The van der Waals surface area contributed by atoms with Crippen LogP contribution in [0.4, 0.5) is 0 Å². The van der Waals surface area contributed by atoms with Crippen LogP contribution in [0.5, 0.6) is 0 Å². The fourth-order valence-corrected chi connectivity index (χ4v) is 6.04. The van der Waals surface area contributed by atoms with Gasteiger partial charge in [0.2, 0.25) is 5.91 Å². The summed E-state index contributed by atoms with van der Waals surface area (Å²) in [6.45, 7) is 7.71. The number of nitrogens with one attached hydrogen (secondary N) is 1. The Hall–Kier alpha value is -1.72. The summed E-state index contributed by atoms with van der Waals surface area (Å²) in [7, 11) is -2.53. The van der Waals surface area contributed by atoms with Gasteiger partial charge >= 0.3 is 11.9 Å². The van der Waals surface area contributed by atoms with E-state index in [1.165, 1.54) is 7.11 Å². The van der Waals surface area contributed by atoms with Crippen LogP contribution in [0.3, 0.4) is 0 Å². The van der Waals surface area contributed by atoms with Gasteiger partial charge in [0.05, 0.1) is 29.8 Å². The Morgan fingerprint density at radius 1 is 1.09 bits per heavy atom. The average molecular weight is 522 g/mol. The minimum atomic E-state index is -3.79. The Bertz CT molecular complexity index is 819. The van der Waals surface area contributed by atoms with Gasteiger partial charge in [-0.15, -0.1) is 0 Å². The number of hydrogen-bond acceptors (Lipinski definition) is 9. The first-order valence-electron chi connectivity index (χ1n) is 12.2. The average Bonchev–Trinajstić information content (AvgIpc) is 2.80. The summed E-state index contributed by atoms with van der Waals surface area (Å²) < 4.78 is 40.1. The lowest BCUT2D eigenvalue weighted by molar-refractivity contribution is -0.163. The molecule has 10 nitrogen and oxygen atoms in total. The number of aliphatic hydroxyl groups is 1. The quantitative estimate of drug-likeness (QED) is 0.200. The van der Waals surface area contributed by atoms with Crippen molar-refractivity contribution in [1.82, 2.24) is 5.32 Å². The first-order chi connectivity index (χ1) is 16.2. The second-order valence-electron chi connectivity index (χ2n) is 10.5. The minimum absolute atomic E-state index is 0.0473. The van der Waals surface area contributed by atoms with Gasteiger partial charge in [0.25, 0.3) is 10.1 Å². The second kappa shape index (κ2) is 13.5. The van der Waals surface area contributed by atoms with E-state index >= 15 is 0 Å². The van der Waals surface area contributed by atoms with E-state index in [9.17, 15) is 22.8 Å². The molecule has 0 aliphatic heterocycles. The Morgan fingerprint density at radius 3 is 2.20 bits per heavy atom. The number of aliphatic hydroxyl groups excluding tert-OH is 1. The number of carbonyl (C=O) groups excluding carboxylic acids is 3. The summed E-state index contributed by atoms with van der Waals surface area (Å²) in [4.78, 5) is 38.0. The van der Waals surface area contributed by atoms with Gasteiger partial charge in [-0.1, -0.05) is 13.8 Å². The molecule has 0 aromatic heterocycles. The molecule has 0 aromatic rings. The number of methoxy groups -OCH3 is 1. The van der Waals surface area contributed by atoms with Crippen LogP contribution >= 0.6 is 0 Å². The maximum Gasteiger partial charge on any atom is 0.311 e. The number of carbonyl (C=O) groups is 3. The number of hydrogen-bond donors (Lipinski definition) is 2. The van der Waals surface area contributed by atoms with E-state index in [0.29, 0.717) is 25.2 Å². The van der Waals surface area contributed by atoms with Crippen LogP contribution in [-0.2, 0) is 38.2 Å². The zero-order valence-corrected chi connectivity index (χ0v) is 22.7. The fourth-order valence-electron chi connectivity index (χ4n) is 4.77. The van der Waals surface area contributed by atoms with Crippen LogP contribution in [0.25, 0.3) is 0 Å². The molecule has 1 fully saturated rings. The normalized spacial score (nSPS) is 21.5. The maximum atomic E-state index is 12.9. The smallest absolute Gasteiger partial charge is 0.311 e. The Labute approximate surface area is 209 Å². The molecule has 0 spiro atoms. The molecular weight excluding hydrogens is 478 g/mol. The summed E-state index contributed by atoms with van der Waals surface area (Å²) in [5.74, 6) is -1.78. The molecule has 35 heavy (non-hydrogen) atoms. The molecule has 2 atom stereocenters. The highest BCUT2D eigenvalue weighted by atomic mass is 32.2. The van der Waals surface area contributed by atoms with Crippen molar-refractivity contribution in [3.63, 3.8) is 0 Å². The van der Waals surface area contributed by atoms with Crippen molar-refractivity contribution in [2.75, 3.05) is 27.1 Å². The molecule has 1 saturated carbocycles. The fraction of sp³-hybridized carbons (Fsp3) is 0.875. The van der Waals surface area contributed by atoms with Gasteiger partial charge in [-0.05, 0) is 71.6 Å². The van der Waals surface area contributed by atoms with Gasteiger partial charge < -0.3 is 19.9 Å². The molecule has 1 aliphatic rings. The van der Waals surface area contributed by atoms with E-state index in [-0.39, 0.29) is 26.1 Å². The zero-order valence-electron chi connectivity index (χ0n) is 21.9. The number of ether oxygens (including phenoxy) is 2. The Morgan fingerprint density at radius 2 is 1.69 bits per heavy atom. The molecule has 2 N–H and O–H groups in total. The van der Waals surface area contributed by atoms with Crippen molar-refractivity contribution in [3.8, 4) is 0 Å². The molecule has 0 aromatic carbocycles. The standard InChI is InChI=1S/C24H43NO9S/c1-7-18(20(27)25-16-34-35(30,31)19-10-8-17(2)9-11-19)14-24(5,22(29)33-13-12-26)15-23(3,4)21(28)32-6/h17-19,26H,7-16H2,1-6H3,(H,25,27). The maximum absolute atomic E-state index is 12.9. The van der Waals surface area contributed by atoms with E-state index < -0.39 is 56.7 Å². The van der Waals surface area contributed by atoms with Gasteiger partial charge in [-0.25, -0.2) is 4.18 Å². The molecule has 11 heteroatoms. The van der Waals surface area contributed by atoms with Crippen molar-refractivity contribution in [3.05, 3.63) is 0 Å². The van der Waals surface area contributed by atoms with Crippen molar-refractivity contribution < 1.29 is 41.6 Å². The summed E-state index contributed by atoms with van der Waals surface area (Å²) in [6.07, 6.45) is 3.19. The Balaban J connectivity index is 2.87. The molecule has 0 saturated heterocycles. The molecule has 0 bridgehead atoms. The largest absolute Gasteiger partial charge is 0.469 e. The summed E-state index contributed by atoms with van der Waals surface area (Å²) >= 11 is 0. The molecule has 1 aliphatic carbocycles. The topological polar surface area (TPSA) is 145 Å². The highest BCUT2D eigenvalue weighted by Crippen LogP contribution is 2.41. The first-order valence-corrected chi connectivity index (χ1v) is 13.7. The lowest BCUT2D eigenvalue weighted by Crippen LogP contribution is -2.43. The predicted octanol–water partition coefficient (Wildman–Crippen LogP) is 2.53. The highest BCUT2D eigenvalue weighted by molar-refractivity contribution is 7.87. The van der Waals surface area contributed by atoms with Crippen LogP contribution in [0.2, 0.25) is 0 Å². The molecular formula is C24H43NO9S. The van der Waals surface area contributed by atoms with Crippen LogP contribution in [0.15, 0.2) is 0 Å². The van der Waals surface area contributed by atoms with Crippen molar-refractivity contribution in [2.24, 2.45) is 22.7 Å². The third kappa shape index (κ3) is 9.34. The third-order valence-electron chi connectivity index (χ3n) is 6.79. The van der Waals surface area contributed by atoms with Gasteiger partial charge in [0.1, 0.15) is 13.3 Å². The molecule has 2 unspecified atom stereocenters. The molecule has 1 amide bonds. The van der Waals surface area contributed by atoms with E-state index in [1.807, 2.05) is 0 Å². The zero-order chi connectivity index (χ0) is 26.9. The van der Waals surface area contributed by atoms with Crippen LogP contribution in [0.1, 0.15) is 79.6 Å². The van der Waals surface area contributed by atoms with E-state index in [1.54, 1.807) is 27.7 Å². The van der Waals surface area contributed by atoms with Crippen LogP contribution in [-0.4, -0.2) is 63.7 Å². The summed E-state index contributed by atoms with van der Waals surface area (Å²) in [5, 5.41) is 11.0. The monoisotopic (exact) mass is 521 g/mol. The molecule has 1 rings (SSSR count). The van der Waals surface area contributed by atoms with Crippen molar-refractivity contribution >= 4 is 28.0 Å². The van der Waals surface area contributed by atoms with Gasteiger partial charge in [0.15, 0.2) is 0 Å². The van der Waals surface area contributed by atoms with Gasteiger partial charge in [0, 0.05) is 5.92 Å². The van der Waals surface area contributed by atoms with Crippen molar-refractivity contribution in [2.45, 2.75) is 84.8 Å². The van der Waals surface area contributed by atoms with E-state index in [4.69, 9.17) is 18.8 Å². The summed E-state index contributed by atoms with van der Waals surface area (Å²) in [6, 6.07) is 0.